The molecule has 1 aliphatic heterocycles. The van der Waals surface area contributed by atoms with Crippen molar-refractivity contribution in [3.05, 3.63) is 34.9 Å². The Morgan fingerprint density at radius 2 is 2.16 bits per heavy atom. The molecule has 0 aromatic carbocycles. The molecule has 1 saturated heterocycles. The maximum absolute atomic E-state index is 12.5. The van der Waals surface area contributed by atoms with E-state index in [2.05, 4.69) is 6.58 Å². The van der Waals surface area contributed by atoms with Crippen LogP contribution in [-0.4, -0.2) is 35.4 Å². The summed E-state index contributed by atoms with van der Waals surface area (Å²) >= 11 is 0. The van der Waals surface area contributed by atoms with E-state index in [9.17, 15) is 14.7 Å². The SMILES string of the molecule is C=C1C(=O)OC2CC3(C)C(=C(C)CCC3O)C(OC(=O)C(C)=CC)C12. The molecule has 0 amide bonds. The van der Waals surface area contributed by atoms with Gasteiger partial charge < -0.3 is 14.6 Å². The van der Waals surface area contributed by atoms with Gasteiger partial charge in [-0.3, -0.25) is 0 Å². The van der Waals surface area contributed by atoms with Crippen molar-refractivity contribution in [2.75, 3.05) is 0 Å². The van der Waals surface area contributed by atoms with E-state index in [-0.39, 0.29) is 5.92 Å². The number of carbonyl (C=O) groups excluding carboxylic acids is 2. The fourth-order valence-corrected chi connectivity index (χ4v) is 4.54. The first-order valence-corrected chi connectivity index (χ1v) is 8.82. The zero-order valence-corrected chi connectivity index (χ0v) is 15.3. The highest BCUT2D eigenvalue weighted by Gasteiger charge is 2.59. The van der Waals surface area contributed by atoms with E-state index >= 15 is 0 Å². The summed E-state index contributed by atoms with van der Waals surface area (Å²) in [7, 11) is 0. The van der Waals surface area contributed by atoms with Crippen LogP contribution < -0.4 is 0 Å². The van der Waals surface area contributed by atoms with Crippen LogP contribution in [0, 0.1) is 11.3 Å². The van der Waals surface area contributed by atoms with Gasteiger partial charge in [0.05, 0.1) is 12.0 Å². The molecule has 0 radical (unpaired) electrons. The average molecular weight is 346 g/mol. The van der Waals surface area contributed by atoms with Crippen molar-refractivity contribution in [3.8, 4) is 0 Å². The predicted molar refractivity (Wildman–Crippen MR) is 92.5 cm³/mol. The maximum atomic E-state index is 12.5. The molecule has 5 nitrogen and oxygen atoms in total. The van der Waals surface area contributed by atoms with Crippen LogP contribution in [0.3, 0.4) is 0 Å². The Morgan fingerprint density at radius 1 is 1.48 bits per heavy atom. The van der Waals surface area contributed by atoms with Gasteiger partial charge in [0, 0.05) is 16.6 Å². The highest BCUT2D eigenvalue weighted by atomic mass is 16.6. The van der Waals surface area contributed by atoms with E-state index in [0.717, 1.165) is 17.6 Å². The Balaban J connectivity index is 2.09. The van der Waals surface area contributed by atoms with Gasteiger partial charge in [-0.15, -0.1) is 0 Å². The van der Waals surface area contributed by atoms with Crippen molar-refractivity contribution >= 4 is 11.9 Å². The summed E-state index contributed by atoms with van der Waals surface area (Å²) in [6, 6.07) is 0. The first-order valence-electron chi connectivity index (χ1n) is 8.82. The number of ether oxygens (including phenoxy) is 2. The summed E-state index contributed by atoms with van der Waals surface area (Å²) in [4.78, 5) is 24.5. The van der Waals surface area contributed by atoms with Crippen LogP contribution in [0.25, 0.3) is 0 Å². The first kappa shape index (κ1) is 17.9. The van der Waals surface area contributed by atoms with E-state index in [1.807, 2.05) is 13.8 Å². The predicted octanol–water partition coefficient (Wildman–Crippen LogP) is 2.84. The third-order valence-corrected chi connectivity index (χ3v) is 6.15. The summed E-state index contributed by atoms with van der Waals surface area (Å²) in [5.74, 6) is -1.23. The topological polar surface area (TPSA) is 72.8 Å². The summed E-state index contributed by atoms with van der Waals surface area (Å²) in [6.45, 7) is 11.4. The van der Waals surface area contributed by atoms with Crippen LogP contribution in [0.4, 0.5) is 0 Å². The molecule has 0 bridgehead atoms. The smallest absolute Gasteiger partial charge is 0.334 e. The molecule has 3 rings (SSSR count). The molecule has 0 spiro atoms. The van der Waals surface area contributed by atoms with Crippen molar-refractivity contribution in [2.24, 2.45) is 11.3 Å². The fraction of sp³-hybridized carbons (Fsp3) is 0.600. The van der Waals surface area contributed by atoms with E-state index < -0.39 is 35.7 Å². The molecule has 1 N–H and O–H groups in total. The number of rotatable bonds is 2. The Kier molecular flexibility index (Phi) is 4.40. The second-order valence-electron chi connectivity index (χ2n) is 7.66. The molecule has 2 fully saturated rings. The van der Waals surface area contributed by atoms with Gasteiger partial charge in [-0.2, -0.15) is 0 Å². The molecule has 0 aromatic heterocycles. The van der Waals surface area contributed by atoms with E-state index in [0.29, 0.717) is 24.0 Å². The lowest BCUT2D eigenvalue weighted by atomic mass is 9.57. The highest BCUT2D eigenvalue weighted by molar-refractivity contribution is 5.92. The van der Waals surface area contributed by atoms with E-state index in [1.54, 1.807) is 19.9 Å². The molecular weight excluding hydrogens is 320 g/mol. The molecule has 1 saturated carbocycles. The van der Waals surface area contributed by atoms with Crippen LogP contribution in [0.15, 0.2) is 34.9 Å². The maximum Gasteiger partial charge on any atom is 0.334 e. The van der Waals surface area contributed by atoms with Crippen LogP contribution in [0.2, 0.25) is 0 Å². The molecular formula is C20H26O5. The van der Waals surface area contributed by atoms with Crippen molar-refractivity contribution < 1.29 is 24.2 Å². The molecule has 136 valence electrons. The molecule has 25 heavy (non-hydrogen) atoms. The second kappa shape index (κ2) is 6.13. The number of hydrogen-bond acceptors (Lipinski definition) is 5. The number of fused-ring (bicyclic) bond motifs is 2. The number of carbonyl (C=O) groups is 2. The van der Waals surface area contributed by atoms with Gasteiger partial charge in [0.25, 0.3) is 0 Å². The second-order valence-corrected chi connectivity index (χ2v) is 7.66. The van der Waals surface area contributed by atoms with Crippen LogP contribution in [0.5, 0.6) is 0 Å². The molecule has 0 aromatic rings. The standard InChI is InChI=1S/C20H26O5/c1-6-10(2)18(22)25-17-15-12(4)19(23)24-13(15)9-20(5)14(21)8-7-11(3)16(17)20/h6,13-15,17,21H,4,7-9H2,1-3,5H3. The third-order valence-electron chi connectivity index (χ3n) is 6.15. The summed E-state index contributed by atoms with van der Waals surface area (Å²) in [6.07, 6.45) is 2.03. The molecule has 2 aliphatic carbocycles. The Hall–Kier alpha value is -1.88. The lowest BCUT2D eigenvalue weighted by molar-refractivity contribution is -0.153. The van der Waals surface area contributed by atoms with Crippen molar-refractivity contribution in [1.82, 2.24) is 0 Å². The lowest BCUT2D eigenvalue weighted by Crippen LogP contribution is -2.53. The lowest BCUT2D eigenvalue weighted by Gasteiger charge is -2.50. The minimum Gasteiger partial charge on any atom is -0.458 e. The van der Waals surface area contributed by atoms with Gasteiger partial charge in [0.15, 0.2) is 0 Å². The summed E-state index contributed by atoms with van der Waals surface area (Å²) in [5, 5.41) is 10.7. The Bertz CT molecular complexity index is 701. The third kappa shape index (κ3) is 2.65. The molecule has 5 heteroatoms. The minimum atomic E-state index is -0.625. The normalized spacial score (nSPS) is 38.2. The van der Waals surface area contributed by atoms with E-state index in [4.69, 9.17) is 9.47 Å². The van der Waals surface area contributed by atoms with Crippen LogP contribution in [-0.2, 0) is 19.1 Å². The zero-order chi connectivity index (χ0) is 18.5. The van der Waals surface area contributed by atoms with Crippen molar-refractivity contribution in [1.29, 1.82) is 0 Å². The van der Waals surface area contributed by atoms with Crippen molar-refractivity contribution in [2.45, 2.75) is 65.3 Å². The number of allylic oxidation sites excluding steroid dienone is 2. The van der Waals surface area contributed by atoms with Gasteiger partial charge in [-0.1, -0.05) is 25.2 Å². The number of aliphatic hydroxyl groups is 1. The summed E-state index contributed by atoms with van der Waals surface area (Å²) < 4.78 is 11.4. The number of aliphatic hydroxyl groups excluding tert-OH is 1. The van der Waals surface area contributed by atoms with Crippen LogP contribution in [0.1, 0.15) is 47.0 Å². The molecule has 5 unspecified atom stereocenters. The van der Waals surface area contributed by atoms with Gasteiger partial charge >= 0.3 is 11.9 Å². The average Bonchev–Trinajstić information content (AvgIpc) is 2.84. The van der Waals surface area contributed by atoms with Gasteiger partial charge in [0.1, 0.15) is 12.2 Å². The quantitative estimate of drug-likeness (QED) is 0.473. The van der Waals surface area contributed by atoms with Gasteiger partial charge in [-0.05, 0) is 45.6 Å². The minimum absolute atomic E-state index is 0.350. The molecule has 1 heterocycles. The number of esters is 2. The molecule has 3 aliphatic rings. The van der Waals surface area contributed by atoms with Gasteiger partial charge in [0.2, 0.25) is 0 Å². The monoisotopic (exact) mass is 346 g/mol. The van der Waals surface area contributed by atoms with Crippen molar-refractivity contribution in [3.63, 3.8) is 0 Å². The Morgan fingerprint density at radius 3 is 2.80 bits per heavy atom. The largest absolute Gasteiger partial charge is 0.458 e. The Labute approximate surface area is 148 Å². The number of hydrogen-bond donors (Lipinski definition) is 1. The van der Waals surface area contributed by atoms with Gasteiger partial charge in [-0.25, -0.2) is 9.59 Å². The summed E-state index contributed by atoms with van der Waals surface area (Å²) in [5.41, 5.74) is 2.35. The fourth-order valence-electron chi connectivity index (χ4n) is 4.54. The zero-order valence-electron chi connectivity index (χ0n) is 15.3. The highest BCUT2D eigenvalue weighted by Crippen LogP contribution is 2.55. The van der Waals surface area contributed by atoms with E-state index in [1.165, 1.54) is 0 Å². The first-order chi connectivity index (χ1) is 11.7. The van der Waals surface area contributed by atoms with Crippen LogP contribution >= 0.6 is 0 Å². The molecule has 5 atom stereocenters.